The maximum atomic E-state index is 11.7. The SMILES string of the molecule is CC(C)=N/N=C1\CCCC2=C1C=C(C#N)C(=O)C2. The molecule has 0 saturated carbocycles. The Morgan fingerprint density at radius 1 is 1.39 bits per heavy atom. The molecule has 0 unspecified atom stereocenters. The van der Waals surface area contributed by atoms with E-state index in [0.29, 0.717) is 6.42 Å². The molecular weight excluding hydrogens is 226 g/mol. The Kier molecular flexibility index (Phi) is 3.52. The molecule has 0 N–H and O–H groups in total. The predicted octanol–water partition coefficient (Wildman–Crippen LogP) is 2.73. The summed E-state index contributed by atoms with van der Waals surface area (Å²) in [4.78, 5) is 11.7. The van der Waals surface area contributed by atoms with E-state index in [1.165, 1.54) is 0 Å². The van der Waals surface area contributed by atoms with Gasteiger partial charge in [0.15, 0.2) is 5.78 Å². The molecule has 18 heavy (non-hydrogen) atoms. The van der Waals surface area contributed by atoms with Crippen molar-refractivity contribution >= 4 is 17.2 Å². The number of allylic oxidation sites excluding steroid dienone is 4. The fourth-order valence-corrected chi connectivity index (χ4v) is 2.18. The molecule has 92 valence electrons. The second-order valence-corrected chi connectivity index (χ2v) is 4.73. The van der Waals surface area contributed by atoms with Gasteiger partial charge >= 0.3 is 0 Å². The van der Waals surface area contributed by atoms with E-state index in [0.717, 1.165) is 41.8 Å². The monoisotopic (exact) mass is 241 g/mol. The van der Waals surface area contributed by atoms with Gasteiger partial charge in [-0.2, -0.15) is 15.5 Å². The summed E-state index contributed by atoms with van der Waals surface area (Å²) in [7, 11) is 0. The average Bonchev–Trinajstić information content (AvgIpc) is 2.35. The first kappa shape index (κ1) is 12.4. The molecule has 0 radical (unpaired) electrons. The lowest BCUT2D eigenvalue weighted by Crippen LogP contribution is -2.18. The normalized spacial score (nSPS) is 21.3. The van der Waals surface area contributed by atoms with Crippen molar-refractivity contribution in [2.75, 3.05) is 0 Å². The van der Waals surface area contributed by atoms with Crippen molar-refractivity contribution in [2.45, 2.75) is 39.5 Å². The third kappa shape index (κ3) is 2.45. The van der Waals surface area contributed by atoms with Gasteiger partial charge < -0.3 is 0 Å². The molecule has 2 rings (SSSR count). The molecule has 0 heterocycles. The van der Waals surface area contributed by atoms with Gasteiger partial charge in [0.2, 0.25) is 0 Å². The van der Waals surface area contributed by atoms with Crippen LogP contribution in [0.3, 0.4) is 0 Å². The molecule has 2 aliphatic rings. The van der Waals surface area contributed by atoms with E-state index in [1.807, 2.05) is 19.9 Å². The lowest BCUT2D eigenvalue weighted by molar-refractivity contribution is -0.114. The minimum atomic E-state index is -0.0762. The molecule has 0 saturated heterocycles. The van der Waals surface area contributed by atoms with Crippen molar-refractivity contribution in [2.24, 2.45) is 10.2 Å². The van der Waals surface area contributed by atoms with E-state index in [-0.39, 0.29) is 11.4 Å². The zero-order chi connectivity index (χ0) is 13.1. The van der Waals surface area contributed by atoms with Crippen molar-refractivity contribution in [3.63, 3.8) is 0 Å². The fourth-order valence-electron chi connectivity index (χ4n) is 2.18. The number of carbonyl (C=O) groups excluding carboxylic acids is 1. The standard InChI is InChI=1S/C14H15N3O/c1-9(2)16-17-13-5-3-4-10-7-14(18)11(8-15)6-12(10)13/h6H,3-5,7H2,1-2H3/b17-13+. The van der Waals surface area contributed by atoms with Crippen LogP contribution in [0, 0.1) is 11.3 Å². The maximum Gasteiger partial charge on any atom is 0.177 e. The van der Waals surface area contributed by atoms with Crippen molar-refractivity contribution in [1.29, 1.82) is 5.26 Å². The molecular formula is C14H15N3O. The Hall–Kier alpha value is -2.02. The Morgan fingerprint density at radius 3 is 2.83 bits per heavy atom. The second-order valence-electron chi connectivity index (χ2n) is 4.73. The highest BCUT2D eigenvalue weighted by molar-refractivity contribution is 6.11. The van der Waals surface area contributed by atoms with Crippen LogP contribution in [-0.2, 0) is 4.79 Å². The Balaban J connectivity index is 2.43. The summed E-state index contributed by atoms with van der Waals surface area (Å²) in [6, 6.07) is 1.96. The van der Waals surface area contributed by atoms with Gasteiger partial charge in [-0.15, -0.1) is 0 Å². The molecule has 0 aromatic heterocycles. The number of rotatable bonds is 1. The van der Waals surface area contributed by atoms with Crippen molar-refractivity contribution in [3.05, 3.63) is 22.8 Å². The van der Waals surface area contributed by atoms with Crippen LogP contribution in [0.25, 0.3) is 0 Å². The van der Waals surface area contributed by atoms with E-state index in [2.05, 4.69) is 10.2 Å². The topological polar surface area (TPSA) is 65.6 Å². The summed E-state index contributed by atoms with van der Waals surface area (Å²) in [5.41, 5.74) is 4.10. The van der Waals surface area contributed by atoms with Gasteiger partial charge in [-0.1, -0.05) is 5.57 Å². The van der Waals surface area contributed by atoms with Gasteiger partial charge in [0.05, 0.1) is 11.3 Å². The van der Waals surface area contributed by atoms with Crippen molar-refractivity contribution in [3.8, 4) is 6.07 Å². The van der Waals surface area contributed by atoms with Crippen LogP contribution >= 0.6 is 0 Å². The molecule has 0 fully saturated rings. The minimum Gasteiger partial charge on any atom is -0.293 e. The molecule has 0 atom stereocenters. The first-order valence-electron chi connectivity index (χ1n) is 6.07. The van der Waals surface area contributed by atoms with E-state index in [4.69, 9.17) is 5.26 Å². The summed E-state index contributed by atoms with van der Waals surface area (Å²) in [5.74, 6) is -0.0762. The number of Topliss-reactive ketones (excluding diaryl/α,β-unsaturated/α-hetero) is 1. The van der Waals surface area contributed by atoms with Crippen LogP contribution < -0.4 is 0 Å². The molecule has 4 nitrogen and oxygen atoms in total. The lowest BCUT2D eigenvalue weighted by atomic mass is 9.82. The number of hydrogen-bond acceptors (Lipinski definition) is 4. The zero-order valence-corrected chi connectivity index (χ0v) is 10.7. The molecule has 0 amide bonds. The van der Waals surface area contributed by atoms with Crippen LogP contribution in [0.4, 0.5) is 0 Å². The van der Waals surface area contributed by atoms with Crippen molar-refractivity contribution < 1.29 is 4.79 Å². The largest absolute Gasteiger partial charge is 0.293 e. The summed E-state index contributed by atoms with van der Waals surface area (Å²) in [6.45, 7) is 3.78. The first-order valence-corrected chi connectivity index (χ1v) is 6.07. The summed E-state index contributed by atoms with van der Waals surface area (Å²) < 4.78 is 0. The van der Waals surface area contributed by atoms with E-state index >= 15 is 0 Å². The number of carbonyl (C=O) groups is 1. The van der Waals surface area contributed by atoms with Crippen LogP contribution in [0.1, 0.15) is 39.5 Å². The Bertz CT molecular complexity index is 552. The van der Waals surface area contributed by atoms with E-state index in [9.17, 15) is 4.79 Å². The molecule has 2 aliphatic carbocycles. The molecule has 4 heteroatoms. The minimum absolute atomic E-state index is 0.0762. The average molecular weight is 241 g/mol. The second kappa shape index (κ2) is 5.09. The number of nitrogens with zero attached hydrogens (tertiary/aromatic N) is 3. The van der Waals surface area contributed by atoms with Gasteiger partial charge in [0, 0.05) is 12.1 Å². The number of nitriles is 1. The highest BCUT2D eigenvalue weighted by Crippen LogP contribution is 2.31. The van der Waals surface area contributed by atoms with Crippen LogP contribution in [-0.4, -0.2) is 17.2 Å². The van der Waals surface area contributed by atoms with Crippen molar-refractivity contribution in [1.82, 2.24) is 0 Å². The maximum absolute atomic E-state index is 11.7. The van der Waals surface area contributed by atoms with Gasteiger partial charge in [-0.25, -0.2) is 0 Å². The quantitative estimate of drug-likeness (QED) is 0.523. The third-order valence-corrected chi connectivity index (χ3v) is 3.04. The smallest absolute Gasteiger partial charge is 0.177 e. The number of ketones is 1. The molecule has 0 aromatic rings. The highest BCUT2D eigenvalue weighted by Gasteiger charge is 2.26. The van der Waals surface area contributed by atoms with Crippen LogP contribution in [0.5, 0.6) is 0 Å². The Labute approximate surface area is 106 Å². The molecule has 0 spiro atoms. The number of hydrogen-bond donors (Lipinski definition) is 0. The van der Waals surface area contributed by atoms with Gasteiger partial charge in [-0.3, -0.25) is 4.79 Å². The third-order valence-electron chi connectivity index (χ3n) is 3.04. The zero-order valence-electron chi connectivity index (χ0n) is 10.7. The Morgan fingerprint density at radius 2 is 2.17 bits per heavy atom. The van der Waals surface area contributed by atoms with E-state index in [1.54, 1.807) is 6.08 Å². The van der Waals surface area contributed by atoms with Gasteiger partial charge in [0.25, 0.3) is 0 Å². The summed E-state index contributed by atoms with van der Waals surface area (Å²) in [5, 5.41) is 17.3. The van der Waals surface area contributed by atoms with Crippen LogP contribution in [0.15, 0.2) is 33.0 Å². The lowest BCUT2D eigenvalue weighted by Gasteiger charge is -2.22. The molecule has 0 bridgehead atoms. The molecule has 0 aromatic carbocycles. The summed E-state index contributed by atoms with van der Waals surface area (Å²) in [6.07, 6.45) is 4.82. The van der Waals surface area contributed by atoms with Gasteiger partial charge in [0.1, 0.15) is 6.07 Å². The summed E-state index contributed by atoms with van der Waals surface area (Å²) >= 11 is 0. The van der Waals surface area contributed by atoms with E-state index < -0.39 is 0 Å². The highest BCUT2D eigenvalue weighted by atomic mass is 16.1. The fraction of sp³-hybridized carbons (Fsp3) is 0.429. The first-order chi connectivity index (χ1) is 8.61. The van der Waals surface area contributed by atoms with Crippen LogP contribution in [0.2, 0.25) is 0 Å². The predicted molar refractivity (Wildman–Crippen MR) is 70.4 cm³/mol. The van der Waals surface area contributed by atoms with Gasteiger partial charge in [-0.05, 0) is 44.8 Å². The molecule has 0 aliphatic heterocycles.